The predicted octanol–water partition coefficient (Wildman–Crippen LogP) is 1.66. The maximum Gasteiger partial charge on any atom is 0.183 e. The fourth-order valence-electron chi connectivity index (χ4n) is 4.79. The summed E-state index contributed by atoms with van der Waals surface area (Å²) in [6.07, 6.45) is 5.52. The first-order valence-corrected chi connectivity index (χ1v) is 9.51. The molecule has 0 aliphatic heterocycles. The minimum Gasteiger partial charge on any atom is -0.550 e. The van der Waals surface area contributed by atoms with E-state index >= 15 is 0 Å². The Morgan fingerprint density at radius 2 is 1.90 bits per heavy atom. The van der Waals surface area contributed by atoms with Gasteiger partial charge in [-0.1, -0.05) is 0 Å². The number of rotatable bonds is 4. The van der Waals surface area contributed by atoms with E-state index in [1.807, 2.05) is 0 Å². The number of aliphatic carboxylic acids is 1. The third-order valence-corrected chi connectivity index (χ3v) is 6.14. The van der Waals surface area contributed by atoms with Crippen molar-refractivity contribution < 1.29 is 18.7 Å². The van der Waals surface area contributed by atoms with E-state index < -0.39 is 29.6 Å². The van der Waals surface area contributed by atoms with Gasteiger partial charge in [-0.05, 0) is 43.6 Å². The molecular formula is C19H17F2N6O2-. The van der Waals surface area contributed by atoms with Crippen molar-refractivity contribution in [2.45, 2.75) is 31.7 Å². The van der Waals surface area contributed by atoms with E-state index in [0.717, 1.165) is 38.1 Å². The number of aromatic nitrogens is 5. The minimum absolute atomic E-state index is 0.0254. The number of hydrogen-bond donors (Lipinski definition) is 2. The Morgan fingerprint density at radius 1 is 1.14 bits per heavy atom. The summed E-state index contributed by atoms with van der Waals surface area (Å²) in [6, 6.07) is 0.787. The third-order valence-electron chi connectivity index (χ3n) is 6.14. The van der Waals surface area contributed by atoms with Crippen LogP contribution in [0.1, 0.15) is 25.7 Å². The van der Waals surface area contributed by atoms with Crippen molar-refractivity contribution in [3.8, 4) is 11.5 Å². The van der Waals surface area contributed by atoms with Gasteiger partial charge in [0.15, 0.2) is 23.1 Å². The predicted molar refractivity (Wildman–Crippen MR) is 96.2 cm³/mol. The van der Waals surface area contributed by atoms with Crippen LogP contribution in [0.2, 0.25) is 0 Å². The first-order chi connectivity index (χ1) is 14.0. The second-order valence-electron chi connectivity index (χ2n) is 7.70. The molecule has 6 rings (SSSR count). The van der Waals surface area contributed by atoms with Crippen molar-refractivity contribution in [3.05, 3.63) is 30.1 Å². The number of nitrogens with zero attached hydrogens (tertiary/aromatic N) is 4. The molecule has 150 valence electrons. The molecule has 0 saturated heterocycles. The summed E-state index contributed by atoms with van der Waals surface area (Å²) in [6.45, 7) is 0. The molecule has 10 heteroatoms. The highest BCUT2D eigenvalue weighted by atomic mass is 19.1. The number of pyridine rings is 1. The molecule has 2 N–H and O–H groups in total. The second kappa shape index (κ2) is 6.71. The summed E-state index contributed by atoms with van der Waals surface area (Å²) < 4.78 is 28.1. The standard InChI is InChI=1S/C19H18F2N6O2/c20-10-5-11-15(26-27-16(11)22-6-10)18-23-7-12(21)17(25-18)24-14-9-3-1-8(2-4-9)13(14)19(28)29/h5-9,13-14H,1-4H2,(H,28,29)(H,22,26,27)(H,23,24,25)/p-1/t8?,9?,13-,14?/m0/s1. The fourth-order valence-corrected chi connectivity index (χ4v) is 4.79. The third kappa shape index (κ3) is 2.99. The van der Waals surface area contributed by atoms with E-state index in [9.17, 15) is 18.7 Å². The number of halogens is 2. The highest BCUT2D eigenvalue weighted by Crippen LogP contribution is 2.46. The molecule has 0 amide bonds. The molecule has 3 fully saturated rings. The van der Waals surface area contributed by atoms with Gasteiger partial charge in [0.05, 0.1) is 17.8 Å². The molecule has 3 heterocycles. The number of carbonyl (C=O) groups excluding carboxylic acids is 1. The van der Waals surface area contributed by atoms with Crippen molar-refractivity contribution in [1.82, 2.24) is 25.1 Å². The molecule has 3 saturated carbocycles. The van der Waals surface area contributed by atoms with E-state index in [2.05, 4.69) is 30.5 Å². The van der Waals surface area contributed by atoms with Gasteiger partial charge in [-0.15, -0.1) is 0 Å². The smallest absolute Gasteiger partial charge is 0.183 e. The number of hydrogen-bond acceptors (Lipinski definition) is 7. The first kappa shape index (κ1) is 17.9. The minimum atomic E-state index is -1.12. The Balaban J connectivity index is 1.51. The summed E-state index contributed by atoms with van der Waals surface area (Å²) in [4.78, 5) is 23.8. The number of nitrogens with one attached hydrogen (secondary N) is 2. The van der Waals surface area contributed by atoms with E-state index in [0.29, 0.717) is 11.1 Å². The molecule has 2 atom stereocenters. The summed E-state index contributed by atoms with van der Waals surface area (Å²) in [5, 5.41) is 21.8. The molecular weight excluding hydrogens is 382 g/mol. The maximum absolute atomic E-state index is 14.5. The van der Waals surface area contributed by atoms with Gasteiger partial charge in [-0.25, -0.2) is 23.7 Å². The lowest BCUT2D eigenvalue weighted by molar-refractivity contribution is -0.316. The van der Waals surface area contributed by atoms with Gasteiger partial charge in [0, 0.05) is 17.9 Å². The van der Waals surface area contributed by atoms with Crippen molar-refractivity contribution in [3.63, 3.8) is 0 Å². The van der Waals surface area contributed by atoms with Crippen molar-refractivity contribution in [1.29, 1.82) is 0 Å². The number of anilines is 1. The monoisotopic (exact) mass is 399 g/mol. The van der Waals surface area contributed by atoms with Crippen LogP contribution in [-0.2, 0) is 4.79 Å². The van der Waals surface area contributed by atoms with E-state index in [4.69, 9.17) is 0 Å². The molecule has 29 heavy (non-hydrogen) atoms. The van der Waals surface area contributed by atoms with Crippen LogP contribution < -0.4 is 10.4 Å². The van der Waals surface area contributed by atoms with Gasteiger partial charge in [-0.2, -0.15) is 5.10 Å². The van der Waals surface area contributed by atoms with Crippen LogP contribution in [0.15, 0.2) is 18.5 Å². The molecule has 0 aromatic carbocycles. The molecule has 1 unspecified atom stereocenters. The number of H-pyrrole nitrogens is 1. The first-order valence-electron chi connectivity index (χ1n) is 9.51. The zero-order valence-corrected chi connectivity index (χ0v) is 15.2. The van der Waals surface area contributed by atoms with Crippen LogP contribution in [-0.4, -0.2) is 37.2 Å². The van der Waals surface area contributed by atoms with E-state index in [1.54, 1.807) is 0 Å². The lowest BCUT2D eigenvalue weighted by Crippen LogP contribution is -2.55. The fraction of sp³-hybridized carbons (Fsp3) is 0.421. The van der Waals surface area contributed by atoms with Gasteiger partial charge in [0.25, 0.3) is 0 Å². The normalized spacial score (nSPS) is 26.0. The molecule has 3 aromatic rings. The molecule has 3 aliphatic carbocycles. The van der Waals surface area contributed by atoms with Crippen LogP contribution in [0.4, 0.5) is 14.6 Å². The Hall–Kier alpha value is -3.17. The lowest BCUT2D eigenvalue weighted by atomic mass is 9.61. The lowest BCUT2D eigenvalue weighted by Gasteiger charge is -2.49. The highest BCUT2D eigenvalue weighted by Gasteiger charge is 2.44. The molecule has 8 nitrogen and oxygen atoms in total. The van der Waals surface area contributed by atoms with Crippen LogP contribution >= 0.6 is 0 Å². The van der Waals surface area contributed by atoms with Crippen LogP contribution in [0.3, 0.4) is 0 Å². The van der Waals surface area contributed by atoms with Gasteiger partial charge in [-0.3, -0.25) is 5.10 Å². The van der Waals surface area contributed by atoms with Crippen LogP contribution in [0, 0.1) is 29.4 Å². The van der Waals surface area contributed by atoms with Crippen molar-refractivity contribution in [2.75, 3.05) is 5.32 Å². The number of carboxylic acids is 1. The Morgan fingerprint density at radius 3 is 2.66 bits per heavy atom. The summed E-state index contributed by atoms with van der Waals surface area (Å²) in [5.74, 6) is -2.89. The average molecular weight is 399 g/mol. The number of aromatic amines is 1. The van der Waals surface area contributed by atoms with E-state index in [1.165, 1.54) is 6.07 Å². The zero-order chi connectivity index (χ0) is 20.1. The van der Waals surface area contributed by atoms with Crippen molar-refractivity contribution >= 4 is 22.8 Å². The molecule has 0 spiro atoms. The Kier molecular flexibility index (Phi) is 4.14. The van der Waals surface area contributed by atoms with Crippen molar-refractivity contribution in [2.24, 2.45) is 17.8 Å². The highest BCUT2D eigenvalue weighted by molar-refractivity contribution is 5.88. The zero-order valence-electron chi connectivity index (χ0n) is 15.2. The maximum atomic E-state index is 14.5. The van der Waals surface area contributed by atoms with Gasteiger partial charge in [0.1, 0.15) is 11.5 Å². The SMILES string of the molecule is O=C([O-])[C@H]1C2CCC(CC2)C1Nc1nc(-c2[nH]nc3ncc(F)cc23)ncc1F. The van der Waals surface area contributed by atoms with Crippen LogP contribution in [0.5, 0.6) is 0 Å². The molecule has 3 aliphatic rings. The van der Waals surface area contributed by atoms with Gasteiger partial charge < -0.3 is 15.2 Å². The van der Waals surface area contributed by atoms with Gasteiger partial charge >= 0.3 is 0 Å². The number of fused-ring (bicyclic) bond motifs is 4. The summed E-state index contributed by atoms with van der Waals surface area (Å²) >= 11 is 0. The summed E-state index contributed by atoms with van der Waals surface area (Å²) in [5.41, 5.74) is 0.585. The number of carboxylic acid groups (broad SMARTS) is 1. The topological polar surface area (TPSA) is 120 Å². The average Bonchev–Trinajstić information content (AvgIpc) is 3.13. The van der Waals surface area contributed by atoms with Crippen LogP contribution in [0.25, 0.3) is 22.6 Å². The molecule has 2 bridgehead atoms. The Labute approximate surface area is 163 Å². The van der Waals surface area contributed by atoms with Gasteiger partial charge in [0.2, 0.25) is 0 Å². The molecule has 0 radical (unpaired) electrons. The largest absolute Gasteiger partial charge is 0.550 e. The Bertz CT molecular complexity index is 1100. The second-order valence-corrected chi connectivity index (χ2v) is 7.70. The number of carbonyl (C=O) groups is 1. The quantitative estimate of drug-likeness (QED) is 0.685. The summed E-state index contributed by atoms with van der Waals surface area (Å²) in [7, 11) is 0. The molecule has 3 aromatic heterocycles. The van der Waals surface area contributed by atoms with E-state index in [-0.39, 0.29) is 29.1 Å².